The van der Waals surface area contributed by atoms with Gasteiger partial charge in [-0.2, -0.15) is 0 Å². The van der Waals surface area contributed by atoms with Crippen molar-refractivity contribution < 1.29 is 9.59 Å². The molecule has 0 aromatic carbocycles. The zero-order valence-electron chi connectivity index (χ0n) is 8.15. The van der Waals surface area contributed by atoms with E-state index in [0.29, 0.717) is 5.69 Å². The molecule has 1 atom stereocenters. The van der Waals surface area contributed by atoms with E-state index in [1.54, 1.807) is 17.9 Å². The van der Waals surface area contributed by atoms with Crippen LogP contribution in [0.1, 0.15) is 5.69 Å². The fourth-order valence-corrected chi connectivity index (χ4v) is 1.69. The summed E-state index contributed by atoms with van der Waals surface area (Å²) in [6, 6.07) is -0.536. The molecule has 0 bridgehead atoms. The van der Waals surface area contributed by atoms with Crippen molar-refractivity contribution in [3.63, 3.8) is 0 Å². The lowest BCUT2D eigenvalue weighted by molar-refractivity contribution is -0.124. The van der Waals surface area contributed by atoms with E-state index < -0.39 is 17.5 Å². The van der Waals surface area contributed by atoms with Crippen molar-refractivity contribution in [1.82, 2.24) is 20.2 Å². The minimum absolute atomic E-state index is 0.00981. The van der Waals surface area contributed by atoms with Gasteiger partial charge >= 0.3 is 6.03 Å². The van der Waals surface area contributed by atoms with E-state index in [1.165, 1.54) is 6.20 Å². The Morgan fingerprint density at radius 3 is 2.73 bits per heavy atom. The summed E-state index contributed by atoms with van der Waals surface area (Å²) in [4.78, 5) is 26.7. The van der Waals surface area contributed by atoms with Gasteiger partial charge in [-0.3, -0.25) is 10.1 Å². The van der Waals surface area contributed by atoms with E-state index in [4.69, 9.17) is 5.73 Å². The molecule has 1 fully saturated rings. The molecule has 2 heterocycles. The van der Waals surface area contributed by atoms with Crippen LogP contribution in [0.15, 0.2) is 12.5 Å². The van der Waals surface area contributed by atoms with Gasteiger partial charge in [0.15, 0.2) is 5.54 Å². The summed E-state index contributed by atoms with van der Waals surface area (Å²) < 4.78 is 1.65. The molecule has 0 unspecified atom stereocenters. The molecule has 7 heteroatoms. The molecule has 80 valence electrons. The maximum absolute atomic E-state index is 11.7. The van der Waals surface area contributed by atoms with Crippen LogP contribution in [-0.2, 0) is 17.4 Å². The molecular formula is C8H11N5O2. The minimum atomic E-state index is -1.19. The first-order chi connectivity index (χ1) is 7.10. The molecule has 1 aromatic heterocycles. The summed E-state index contributed by atoms with van der Waals surface area (Å²) >= 11 is 0. The molecule has 0 aliphatic carbocycles. The number of aromatic nitrogens is 2. The highest BCUT2D eigenvalue weighted by atomic mass is 16.2. The number of imidazole rings is 1. The number of hydrogen-bond donors (Lipinski definition) is 3. The Morgan fingerprint density at radius 2 is 2.33 bits per heavy atom. The van der Waals surface area contributed by atoms with Gasteiger partial charge in [0.05, 0.1) is 18.2 Å². The lowest BCUT2D eigenvalue weighted by Gasteiger charge is -2.23. The molecule has 3 amide bonds. The molecule has 0 saturated carbocycles. The number of hydrogen-bond acceptors (Lipinski definition) is 4. The smallest absolute Gasteiger partial charge is 0.322 e. The van der Waals surface area contributed by atoms with Gasteiger partial charge in [-0.05, 0) is 0 Å². The maximum Gasteiger partial charge on any atom is 0.322 e. The lowest BCUT2D eigenvalue weighted by atomic mass is 9.96. The van der Waals surface area contributed by atoms with Crippen molar-refractivity contribution in [3.8, 4) is 0 Å². The van der Waals surface area contributed by atoms with Gasteiger partial charge in [0.25, 0.3) is 5.91 Å². The number of nitrogens with two attached hydrogens (primary N) is 1. The average Bonchev–Trinajstić information content (AvgIpc) is 2.71. The molecule has 0 radical (unpaired) electrons. The standard InChI is InChI=1S/C8H11N5O2/c1-13-4-10-2-5(13)8(3-9)6(14)11-7(15)12-8/h2,4H,3,9H2,1H3,(H2,11,12,14,15)/t8-/m1/s1. The van der Waals surface area contributed by atoms with Crippen molar-refractivity contribution in [2.75, 3.05) is 6.54 Å². The second-order valence-electron chi connectivity index (χ2n) is 3.41. The van der Waals surface area contributed by atoms with E-state index in [2.05, 4.69) is 15.6 Å². The van der Waals surface area contributed by atoms with Gasteiger partial charge in [0, 0.05) is 13.6 Å². The van der Waals surface area contributed by atoms with Crippen molar-refractivity contribution in [1.29, 1.82) is 0 Å². The number of amides is 3. The number of urea groups is 1. The number of imide groups is 1. The third-order valence-electron chi connectivity index (χ3n) is 2.50. The summed E-state index contributed by atoms with van der Waals surface area (Å²) in [7, 11) is 1.73. The summed E-state index contributed by atoms with van der Waals surface area (Å²) in [6.45, 7) is -0.00981. The highest BCUT2D eigenvalue weighted by molar-refractivity contribution is 6.07. The summed E-state index contributed by atoms with van der Waals surface area (Å²) in [6.07, 6.45) is 3.06. The second kappa shape index (κ2) is 3.06. The third kappa shape index (κ3) is 1.20. The second-order valence-corrected chi connectivity index (χ2v) is 3.41. The molecule has 1 aliphatic rings. The molecule has 4 N–H and O–H groups in total. The van der Waals surface area contributed by atoms with Crippen LogP contribution in [0.4, 0.5) is 4.79 Å². The van der Waals surface area contributed by atoms with Gasteiger partial charge in [-0.1, -0.05) is 0 Å². The largest absolute Gasteiger partial charge is 0.335 e. The van der Waals surface area contributed by atoms with Crippen LogP contribution in [0.25, 0.3) is 0 Å². The molecule has 1 aliphatic heterocycles. The zero-order chi connectivity index (χ0) is 11.1. The molecule has 2 rings (SSSR count). The maximum atomic E-state index is 11.7. The molecule has 1 aromatic rings. The number of carbonyl (C=O) groups is 2. The first-order valence-electron chi connectivity index (χ1n) is 4.40. The van der Waals surface area contributed by atoms with Crippen LogP contribution < -0.4 is 16.4 Å². The summed E-state index contributed by atoms with van der Waals surface area (Å²) in [5.74, 6) is -0.446. The van der Waals surface area contributed by atoms with Crippen molar-refractivity contribution in [2.45, 2.75) is 5.54 Å². The first kappa shape index (κ1) is 9.66. The highest BCUT2D eigenvalue weighted by Gasteiger charge is 2.48. The van der Waals surface area contributed by atoms with Gasteiger partial charge in [0.1, 0.15) is 0 Å². The van der Waals surface area contributed by atoms with Crippen LogP contribution >= 0.6 is 0 Å². The van der Waals surface area contributed by atoms with Crippen molar-refractivity contribution in [2.24, 2.45) is 12.8 Å². The van der Waals surface area contributed by atoms with Crippen LogP contribution in [-0.4, -0.2) is 28.0 Å². The van der Waals surface area contributed by atoms with Crippen LogP contribution in [0, 0.1) is 0 Å². The predicted molar refractivity (Wildman–Crippen MR) is 50.6 cm³/mol. The summed E-state index contributed by atoms with van der Waals surface area (Å²) in [5, 5.41) is 4.69. The Balaban J connectivity index is 2.51. The molecule has 1 saturated heterocycles. The van der Waals surface area contributed by atoms with Gasteiger partial charge in [-0.15, -0.1) is 0 Å². The van der Waals surface area contributed by atoms with E-state index >= 15 is 0 Å². The quantitative estimate of drug-likeness (QED) is 0.511. The van der Waals surface area contributed by atoms with E-state index in [9.17, 15) is 9.59 Å². The van der Waals surface area contributed by atoms with Crippen LogP contribution in [0.5, 0.6) is 0 Å². The fraction of sp³-hybridized carbons (Fsp3) is 0.375. The van der Waals surface area contributed by atoms with Crippen molar-refractivity contribution in [3.05, 3.63) is 18.2 Å². The molecule has 7 nitrogen and oxygen atoms in total. The number of carbonyl (C=O) groups excluding carboxylic acids is 2. The van der Waals surface area contributed by atoms with E-state index in [1.807, 2.05) is 0 Å². The number of nitrogens with zero attached hydrogens (tertiary/aromatic N) is 2. The number of rotatable bonds is 2. The van der Waals surface area contributed by atoms with Gasteiger partial charge in [0.2, 0.25) is 0 Å². The Hall–Kier alpha value is -1.89. The monoisotopic (exact) mass is 209 g/mol. The minimum Gasteiger partial charge on any atom is -0.335 e. The predicted octanol–water partition coefficient (Wildman–Crippen LogP) is -1.59. The lowest BCUT2D eigenvalue weighted by Crippen LogP contribution is -2.51. The number of aryl methyl sites for hydroxylation is 1. The Labute approximate surface area is 85.7 Å². The Kier molecular flexibility index (Phi) is 1.97. The zero-order valence-corrected chi connectivity index (χ0v) is 8.15. The Morgan fingerprint density at radius 1 is 1.60 bits per heavy atom. The highest BCUT2D eigenvalue weighted by Crippen LogP contribution is 2.22. The molecule has 0 spiro atoms. The average molecular weight is 209 g/mol. The molecular weight excluding hydrogens is 198 g/mol. The van der Waals surface area contributed by atoms with Crippen LogP contribution in [0.3, 0.4) is 0 Å². The molecule has 15 heavy (non-hydrogen) atoms. The normalized spacial score (nSPS) is 25.2. The number of nitrogens with one attached hydrogen (secondary N) is 2. The van der Waals surface area contributed by atoms with Gasteiger partial charge < -0.3 is 15.6 Å². The van der Waals surface area contributed by atoms with Gasteiger partial charge in [-0.25, -0.2) is 9.78 Å². The van der Waals surface area contributed by atoms with Crippen LogP contribution in [0.2, 0.25) is 0 Å². The Bertz CT molecular complexity index is 426. The fourth-order valence-electron chi connectivity index (χ4n) is 1.69. The van der Waals surface area contributed by atoms with E-state index in [0.717, 1.165) is 0 Å². The van der Waals surface area contributed by atoms with Crippen molar-refractivity contribution >= 4 is 11.9 Å². The van der Waals surface area contributed by atoms with E-state index in [-0.39, 0.29) is 6.54 Å². The topological polar surface area (TPSA) is 102 Å². The third-order valence-corrected chi connectivity index (χ3v) is 2.50. The summed E-state index contributed by atoms with van der Waals surface area (Å²) in [5.41, 5.74) is 4.94. The SMILES string of the molecule is Cn1cncc1[C@@]1(CN)NC(=O)NC1=O. The first-order valence-corrected chi connectivity index (χ1v) is 4.40.